The number of fused-ring (bicyclic) bond motifs is 4. The average Bonchev–Trinajstić information content (AvgIpc) is 3.65. The second kappa shape index (κ2) is 9.33. The zero-order valence-corrected chi connectivity index (χ0v) is 21.2. The first-order valence-corrected chi connectivity index (χ1v) is 14.5. The molecule has 0 N–H and O–H groups in total. The molecular weight excluding hydrogens is 519 g/mol. The number of allylic oxidation sites excluding steroid dienone is 4. The van der Waals surface area contributed by atoms with Crippen molar-refractivity contribution in [2.75, 3.05) is 5.75 Å². The van der Waals surface area contributed by atoms with Crippen LogP contribution in [0, 0.1) is 97.6 Å². The smallest absolute Gasteiger partial charge is 0.201 e. The molecule has 11 heteroatoms. The van der Waals surface area contributed by atoms with Gasteiger partial charge in [-0.1, -0.05) is 0 Å². The molecule has 5 aliphatic rings. The molecule has 3 saturated heterocycles. The van der Waals surface area contributed by atoms with E-state index in [1.165, 1.54) is 11.8 Å². The van der Waals surface area contributed by atoms with E-state index < -0.39 is 40.1 Å². The Morgan fingerprint density at radius 2 is 1.36 bits per heavy atom. The Bertz CT molecular complexity index is 1270. The van der Waals surface area contributed by atoms with E-state index >= 15 is 8.78 Å². The van der Waals surface area contributed by atoms with Crippen LogP contribution in [0.5, 0.6) is 0 Å². The van der Waals surface area contributed by atoms with Crippen LogP contribution < -0.4 is 0 Å². The number of alkyl halides is 2. The first-order chi connectivity index (χ1) is 17.4. The van der Waals surface area contributed by atoms with E-state index in [1.54, 1.807) is 24.3 Å². The van der Waals surface area contributed by atoms with Crippen LogP contribution in [0.3, 0.4) is 0 Å². The number of nitriles is 6. The molecule has 0 bridgehead atoms. The fourth-order valence-electron chi connectivity index (χ4n) is 6.97. The number of thioether (sulfide) groups is 3. The van der Waals surface area contributed by atoms with Gasteiger partial charge in [0.2, 0.25) is 0 Å². The van der Waals surface area contributed by atoms with Gasteiger partial charge in [0.1, 0.15) is 41.3 Å². The predicted molar refractivity (Wildman–Crippen MR) is 131 cm³/mol. The molecule has 180 valence electrons. The molecule has 5 rings (SSSR count). The van der Waals surface area contributed by atoms with Gasteiger partial charge in [0, 0.05) is 37.7 Å². The third-order valence-electron chi connectivity index (χ3n) is 8.25. The highest BCUT2D eigenvalue weighted by Crippen LogP contribution is 2.67. The van der Waals surface area contributed by atoms with Crippen LogP contribution in [0.1, 0.15) is 19.3 Å². The topological polar surface area (TPSA) is 143 Å². The predicted octanol–water partition coefficient (Wildman–Crippen LogP) is 4.72. The lowest BCUT2D eigenvalue weighted by atomic mass is 9.86. The van der Waals surface area contributed by atoms with Gasteiger partial charge in [0.25, 0.3) is 5.92 Å². The van der Waals surface area contributed by atoms with Crippen LogP contribution in [0.2, 0.25) is 0 Å². The minimum absolute atomic E-state index is 0.0559. The molecule has 3 heterocycles. The number of nitrogens with zero attached hydrogens (tertiary/aromatic N) is 6. The lowest BCUT2D eigenvalue weighted by molar-refractivity contribution is -0.00882. The number of hydrogen-bond acceptors (Lipinski definition) is 9. The lowest BCUT2D eigenvalue weighted by Crippen LogP contribution is -2.35. The van der Waals surface area contributed by atoms with Crippen molar-refractivity contribution < 1.29 is 8.78 Å². The molecule has 6 nitrogen and oxygen atoms in total. The maximum atomic E-state index is 15.5. The lowest BCUT2D eigenvalue weighted by Gasteiger charge is -2.27. The Morgan fingerprint density at radius 1 is 0.778 bits per heavy atom. The summed E-state index contributed by atoms with van der Waals surface area (Å²) in [6.07, 6.45) is 2.04. The van der Waals surface area contributed by atoms with Crippen molar-refractivity contribution >= 4 is 35.3 Å². The van der Waals surface area contributed by atoms with E-state index in [-0.39, 0.29) is 33.2 Å². The third kappa shape index (κ3) is 3.46. The monoisotopic (exact) mass is 536 g/mol. The zero-order chi connectivity index (χ0) is 25.8. The molecule has 3 aliphatic heterocycles. The summed E-state index contributed by atoms with van der Waals surface area (Å²) in [7, 11) is 0. The summed E-state index contributed by atoms with van der Waals surface area (Å²) >= 11 is 5.07. The van der Waals surface area contributed by atoms with Gasteiger partial charge >= 0.3 is 0 Å². The molecule has 9 atom stereocenters. The van der Waals surface area contributed by atoms with E-state index in [4.69, 9.17) is 0 Å². The third-order valence-corrected chi connectivity index (χ3v) is 13.7. The van der Waals surface area contributed by atoms with Crippen LogP contribution in [0.4, 0.5) is 8.78 Å². The van der Waals surface area contributed by atoms with E-state index in [1.807, 2.05) is 23.5 Å². The van der Waals surface area contributed by atoms with E-state index in [9.17, 15) is 31.6 Å². The molecule has 0 aromatic heterocycles. The molecule has 2 aliphatic carbocycles. The minimum Gasteiger partial charge on any atom is -0.201 e. The second-order valence-corrected chi connectivity index (χ2v) is 13.8. The van der Waals surface area contributed by atoms with Gasteiger partial charge in [-0.25, -0.2) is 8.78 Å². The average molecular weight is 537 g/mol. The van der Waals surface area contributed by atoms with Crippen molar-refractivity contribution in [3.63, 3.8) is 0 Å². The summed E-state index contributed by atoms with van der Waals surface area (Å²) < 4.78 is 31.1. The van der Waals surface area contributed by atoms with Crippen molar-refractivity contribution in [3.05, 3.63) is 22.3 Å². The van der Waals surface area contributed by atoms with Gasteiger partial charge in [-0.15, -0.1) is 0 Å². The largest absolute Gasteiger partial charge is 0.278 e. The van der Waals surface area contributed by atoms with Crippen molar-refractivity contribution in [2.24, 2.45) is 29.6 Å². The SMILES string of the molecule is N#CC(C#N)=C1C2CCSC2C2SC(C3CC4C(=C(C#N)C#N)C(F)(F)C(C(C#N)C#N)C4S3)CC12. The summed E-state index contributed by atoms with van der Waals surface area (Å²) in [5.74, 6) is -6.14. The summed E-state index contributed by atoms with van der Waals surface area (Å²) in [6.45, 7) is 0. The highest BCUT2D eigenvalue weighted by atomic mass is 32.2. The molecule has 0 radical (unpaired) electrons. The first kappa shape index (κ1) is 25.0. The Labute approximate surface area is 220 Å². The minimum atomic E-state index is -3.58. The summed E-state index contributed by atoms with van der Waals surface area (Å²) in [5.41, 5.74) is 0.0426. The van der Waals surface area contributed by atoms with Crippen molar-refractivity contribution in [2.45, 2.75) is 51.4 Å². The summed E-state index contributed by atoms with van der Waals surface area (Å²) in [4.78, 5) is 0. The van der Waals surface area contributed by atoms with Gasteiger partial charge in [0.05, 0.1) is 18.1 Å². The standard InChI is InChI=1S/C25H18F2N6S3/c26-25(27)20(12(7-30)8-31)16-4-18(35-22(16)21(25)13(9-32)10-33)17-3-15-19(11(5-28)6-29)14-1-2-34-23(14)24(15)36-17/h13-18,21-24H,1-4H2. The van der Waals surface area contributed by atoms with Crippen molar-refractivity contribution in [1.29, 1.82) is 31.6 Å². The highest BCUT2D eigenvalue weighted by molar-refractivity contribution is 8.06. The number of hydrogen-bond donors (Lipinski definition) is 0. The zero-order valence-electron chi connectivity index (χ0n) is 18.8. The molecule has 9 unspecified atom stereocenters. The maximum absolute atomic E-state index is 15.5. The number of halogens is 2. The van der Waals surface area contributed by atoms with Gasteiger partial charge in [-0.2, -0.15) is 66.9 Å². The Kier molecular flexibility index (Phi) is 6.48. The van der Waals surface area contributed by atoms with E-state index in [2.05, 4.69) is 12.1 Å². The molecule has 0 spiro atoms. The van der Waals surface area contributed by atoms with Gasteiger partial charge in [0.15, 0.2) is 0 Å². The summed E-state index contributed by atoms with van der Waals surface area (Å²) in [5, 5.41) is 56.8. The van der Waals surface area contributed by atoms with Gasteiger partial charge in [-0.3, -0.25) is 0 Å². The van der Waals surface area contributed by atoms with Gasteiger partial charge < -0.3 is 0 Å². The van der Waals surface area contributed by atoms with E-state index in [0.29, 0.717) is 11.7 Å². The molecule has 0 aromatic rings. The van der Waals surface area contributed by atoms with Crippen LogP contribution in [0.15, 0.2) is 22.3 Å². The molecule has 0 amide bonds. The highest BCUT2D eigenvalue weighted by Gasteiger charge is 2.67. The quantitative estimate of drug-likeness (QED) is 0.458. The van der Waals surface area contributed by atoms with Crippen LogP contribution >= 0.6 is 35.3 Å². The number of rotatable bonds is 2. The molecule has 2 saturated carbocycles. The normalized spacial score (nSPS) is 39.1. The fraction of sp³-hybridized carbons (Fsp3) is 0.600. The maximum Gasteiger partial charge on any atom is 0.278 e. The Morgan fingerprint density at radius 3 is 1.94 bits per heavy atom. The van der Waals surface area contributed by atoms with Crippen LogP contribution in [-0.4, -0.2) is 37.9 Å². The second-order valence-electron chi connectivity index (χ2n) is 9.64. The van der Waals surface area contributed by atoms with Crippen LogP contribution in [0.25, 0.3) is 0 Å². The molecule has 0 aromatic carbocycles. The Hall–Kier alpha value is -2.67. The van der Waals surface area contributed by atoms with E-state index in [0.717, 1.165) is 24.2 Å². The van der Waals surface area contributed by atoms with Crippen molar-refractivity contribution in [3.8, 4) is 36.4 Å². The van der Waals surface area contributed by atoms with Crippen molar-refractivity contribution in [1.82, 2.24) is 0 Å². The first-order valence-electron chi connectivity index (χ1n) is 11.5. The summed E-state index contributed by atoms with van der Waals surface area (Å²) in [6, 6.07) is 10.8. The Balaban J connectivity index is 1.47. The van der Waals surface area contributed by atoms with Crippen LogP contribution in [-0.2, 0) is 0 Å². The molecular formula is C25H18F2N6S3. The molecule has 36 heavy (non-hydrogen) atoms. The molecule has 5 fully saturated rings. The van der Waals surface area contributed by atoms with Gasteiger partial charge in [-0.05, 0) is 42.4 Å². The fourth-order valence-corrected chi connectivity index (χ4v) is 13.1.